The molecule has 4 aromatic rings. The lowest BCUT2D eigenvalue weighted by molar-refractivity contribution is 0.407. The Balaban J connectivity index is 1.71. The Hall–Kier alpha value is -3.32. The second-order valence-corrected chi connectivity index (χ2v) is 7.12. The van der Waals surface area contributed by atoms with Gasteiger partial charge in [-0.1, -0.05) is 41.2 Å². The number of hydrogen-bond donors (Lipinski definition) is 1. The Morgan fingerprint density at radius 3 is 2.57 bits per heavy atom. The third kappa shape index (κ3) is 3.57. The molecule has 0 saturated carbocycles. The molecule has 0 aliphatic rings. The third-order valence-electron chi connectivity index (χ3n) is 4.16. The summed E-state index contributed by atoms with van der Waals surface area (Å²) in [7, 11) is 1.49. The summed E-state index contributed by atoms with van der Waals surface area (Å²) in [6.07, 6.45) is 1.70. The molecule has 1 heterocycles. The lowest BCUT2D eigenvalue weighted by Crippen LogP contribution is -2.01. The van der Waals surface area contributed by atoms with E-state index in [4.69, 9.17) is 10.5 Å². The zero-order valence-corrected chi connectivity index (χ0v) is 15.9. The van der Waals surface area contributed by atoms with Gasteiger partial charge in [0.2, 0.25) is 0 Å². The van der Waals surface area contributed by atoms with Gasteiger partial charge in [0, 0.05) is 21.0 Å². The molecule has 5 nitrogen and oxygen atoms in total. The van der Waals surface area contributed by atoms with Crippen LogP contribution in [0.4, 0.5) is 10.1 Å². The first-order valence-corrected chi connectivity index (χ1v) is 9.35. The van der Waals surface area contributed by atoms with E-state index < -0.39 is 5.82 Å². The number of methoxy groups -OCH3 is 1. The Morgan fingerprint density at radius 1 is 1.00 bits per heavy atom. The summed E-state index contributed by atoms with van der Waals surface area (Å²) in [6, 6.07) is 20.2. The largest absolute Gasteiger partial charge is 0.494 e. The number of nitrogens with two attached hydrogens (primary N) is 1. The number of halogens is 1. The molecule has 0 bridgehead atoms. The molecule has 2 N–H and O–H groups in total. The van der Waals surface area contributed by atoms with Gasteiger partial charge in [0.25, 0.3) is 0 Å². The lowest BCUT2D eigenvalue weighted by Gasteiger charge is -2.08. The maximum Gasteiger partial charge on any atom is 0.152 e. The zero-order chi connectivity index (χ0) is 19.5. The number of hydrogen-bond acceptors (Lipinski definition) is 5. The van der Waals surface area contributed by atoms with Crippen LogP contribution in [0.1, 0.15) is 0 Å². The first-order valence-electron chi connectivity index (χ1n) is 8.54. The summed E-state index contributed by atoms with van der Waals surface area (Å²) in [5, 5.41) is 8.37. The number of benzene rings is 3. The Kier molecular flexibility index (Phi) is 4.99. The summed E-state index contributed by atoms with van der Waals surface area (Å²) in [5.74, 6) is -0.0404. The normalized spacial score (nSPS) is 10.8. The van der Waals surface area contributed by atoms with Gasteiger partial charge in [-0.2, -0.15) is 0 Å². The molecule has 3 aromatic carbocycles. The number of anilines is 1. The van der Waals surface area contributed by atoms with E-state index in [9.17, 15) is 4.39 Å². The number of aromatic nitrogens is 3. The molecule has 0 spiro atoms. The van der Waals surface area contributed by atoms with Crippen LogP contribution in [0, 0.1) is 5.82 Å². The molecule has 0 fully saturated rings. The number of nitrogens with zero attached hydrogens (tertiary/aromatic N) is 3. The highest BCUT2D eigenvalue weighted by Gasteiger charge is 2.16. The highest BCUT2D eigenvalue weighted by molar-refractivity contribution is 7.99. The SMILES string of the molecule is COc1cccc(F)c1-n1cc(-c2ccccc2Sc2ccc(N)cc2)nn1. The van der Waals surface area contributed by atoms with Crippen molar-refractivity contribution in [2.24, 2.45) is 0 Å². The molecule has 0 aliphatic carbocycles. The van der Waals surface area contributed by atoms with Gasteiger partial charge in [0.1, 0.15) is 17.1 Å². The third-order valence-corrected chi connectivity index (χ3v) is 5.25. The molecule has 1 aromatic heterocycles. The van der Waals surface area contributed by atoms with E-state index >= 15 is 0 Å². The fraction of sp³-hybridized carbons (Fsp3) is 0.0476. The van der Waals surface area contributed by atoms with E-state index in [0.717, 1.165) is 21.0 Å². The molecule has 0 unspecified atom stereocenters. The summed E-state index contributed by atoms with van der Waals surface area (Å²) >= 11 is 1.60. The number of rotatable bonds is 5. The number of nitrogen functional groups attached to an aromatic ring is 1. The predicted octanol–water partition coefficient (Wildman–Crippen LogP) is 4.82. The van der Waals surface area contributed by atoms with E-state index in [0.29, 0.717) is 11.4 Å². The minimum Gasteiger partial charge on any atom is -0.494 e. The first-order chi connectivity index (χ1) is 13.7. The van der Waals surface area contributed by atoms with E-state index in [2.05, 4.69) is 10.3 Å². The molecule has 7 heteroatoms. The topological polar surface area (TPSA) is 66.0 Å². The smallest absolute Gasteiger partial charge is 0.152 e. The van der Waals surface area contributed by atoms with Crippen molar-refractivity contribution in [3.63, 3.8) is 0 Å². The highest BCUT2D eigenvalue weighted by Crippen LogP contribution is 2.36. The van der Waals surface area contributed by atoms with Gasteiger partial charge < -0.3 is 10.5 Å². The fourth-order valence-electron chi connectivity index (χ4n) is 2.81. The zero-order valence-electron chi connectivity index (χ0n) is 15.0. The molecule has 0 amide bonds. The van der Waals surface area contributed by atoms with Crippen molar-refractivity contribution >= 4 is 17.4 Å². The van der Waals surface area contributed by atoms with Crippen molar-refractivity contribution in [3.05, 3.63) is 78.7 Å². The molecule has 140 valence electrons. The molecular formula is C21H17FN4OS. The maximum absolute atomic E-state index is 14.4. The predicted molar refractivity (Wildman–Crippen MR) is 108 cm³/mol. The molecule has 28 heavy (non-hydrogen) atoms. The molecule has 0 saturated heterocycles. The van der Waals surface area contributed by atoms with E-state index in [1.165, 1.54) is 17.9 Å². The molecule has 4 rings (SSSR count). The van der Waals surface area contributed by atoms with Crippen molar-refractivity contribution in [1.82, 2.24) is 15.0 Å². The molecule has 0 radical (unpaired) electrons. The summed E-state index contributed by atoms with van der Waals surface area (Å²) < 4.78 is 21.0. The standard InChI is InChI=1S/C21H17FN4OS/c1-27-19-7-4-6-17(22)21(19)26-13-18(24-25-26)16-5-2-3-8-20(16)28-15-11-9-14(23)10-12-15/h2-13H,23H2,1H3. The number of ether oxygens (including phenoxy) is 1. The van der Waals surface area contributed by atoms with Crippen molar-refractivity contribution in [1.29, 1.82) is 0 Å². The Labute approximate surface area is 166 Å². The monoisotopic (exact) mass is 392 g/mol. The van der Waals surface area contributed by atoms with Gasteiger partial charge in [-0.25, -0.2) is 9.07 Å². The number of para-hydroxylation sites is 1. The van der Waals surface area contributed by atoms with Crippen LogP contribution in [0.15, 0.2) is 82.7 Å². The quantitative estimate of drug-likeness (QED) is 0.494. The van der Waals surface area contributed by atoms with Gasteiger partial charge in [0.15, 0.2) is 5.82 Å². The second kappa shape index (κ2) is 7.74. The van der Waals surface area contributed by atoms with Crippen molar-refractivity contribution in [2.75, 3.05) is 12.8 Å². The van der Waals surface area contributed by atoms with Crippen LogP contribution in [0.5, 0.6) is 5.75 Å². The minimum atomic E-state index is -0.430. The summed E-state index contributed by atoms with van der Waals surface area (Å²) in [5.41, 5.74) is 8.27. The molecular weight excluding hydrogens is 375 g/mol. The van der Waals surface area contributed by atoms with Crippen LogP contribution < -0.4 is 10.5 Å². The molecule has 0 atom stereocenters. The van der Waals surface area contributed by atoms with Crippen LogP contribution >= 0.6 is 11.8 Å². The van der Waals surface area contributed by atoms with Crippen LogP contribution in [0.2, 0.25) is 0 Å². The summed E-state index contributed by atoms with van der Waals surface area (Å²) in [4.78, 5) is 2.07. The van der Waals surface area contributed by atoms with Crippen molar-refractivity contribution in [3.8, 4) is 22.7 Å². The minimum absolute atomic E-state index is 0.229. The lowest BCUT2D eigenvalue weighted by atomic mass is 10.2. The maximum atomic E-state index is 14.4. The molecule has 0 aliphatic heterocycles. The van der Waals surface area contributed by atoms with Crippen LogP contribution in [0.3, 0.4) is 0 Å². The van der Waals surface area contributed by atoms with Crippen LogP contribution in [0.25, 0.3) is 16.9 Å². The first kappa shape index (κ1) is 18.1. The van der Waals surface area contributed by atoms with E-state index in [-0.39, 0.29) is 5.69 Å². The Bertz CT molecular complexity index is 1110. The van der Waals surface area contributed by atoms with Crippen LogP contribution in [-0.4, -0.2) is 22.1 Å². The highest BCUT2D eigenvalue weighted by atomic mass is 32.2. The van der Waals surface area contributed by atoms with E-state index in [1.807, 2.05) is 48.5 Å². The summed E-state index contributed by atoms with van der Waals surface area (Å²) in [6.45, 7) is 0. The van der Waals surface area contributed by atoms with Gasteiger partial charge in [-0.15, -0.1) is 5.10 Å². The van der Waals surface area contributed by atoms with Gasteiger partial charge in [-0.3, -0.25) is 0 Å². The second-order valence-electron chi connectivity index (χ2n) is 6.01. The van der Waals surface area contributed by atoms with Gasteiger partial charge >= 0.3 is 0 Å². The Morgan fingerprint density at radius 2 is 1.79 bits per heavy atom. The van der Waals surface area contributed by atoms with Gasteiger partial charge in [0.05, 0.1) is 13.3 Å². The van der Waals surface area contributed by atoms with Crippen molar-refractivity contribution in [2.45, 2.75) is 9.79 Å². The average molecular weight is 392 g/mol. The fourth-order valence-corrected chi connectivity index (χ4v) is 3.76. The average Bonchev–Trinajstić information content (AvgIpc) is 3.19. The van der Waals surface area contributed by atoms with Gasteiger partial charge in [-0.05, 0) is 42.5 Å². The van der Waals surface area contributed by atoms with Crippen LogP contribution in [-0.2, 0) is 0 Å². The van der Waals surface area contributed by atoms with E-state index in [1.54, 1.807) is 30.1 Å². The van der Waals surface area contributed by atoms with Crippen molar-refractivity contribution < 1.29 is 9.13 Å².